The van der Waals surface area contributed by atoms with Gasteiger partial charge in [-0.2, -0.15) is 0 Å². The fourth-order valence-electron chi connectivity index (χ4n) is 4.15. The molecular formula is C24H27FN4O2. The van der Waals surface area contributed by atoms with Crippen LogP contribution < -0.4 is 15.8 Å². The van der Waals surface area contributed by atoms with Crippen molar-refractivity contribution in [3.63, 3.8) is 0 Å². The van der Waals surface area contributed by atoms with Gasteiger partial charge in [-0.1, -0.05) is 18.2 Å². The molecule has 6 nitrogen and oxygen atoms in total. The van der Waals surface area contributed by atoms with Crippen LogP contribution in [0.25, 0.3) is 10.9 Å². The van der Waals surface area contributed by atoms with Gasteiger partial charge in [-0.25, -0.2) is 9.37 Å². The molecule has 2 N–H and O–H groups in total. The highest BCUT2D eigenvalue weighted by atomic mass is 19.1. The van der Waals surface area contributed by atoms with Gasteiger partial charge in [-0.15, -0.1) is 0 Å². The van der Waals surface area contributed by atoms with E-state index in [2.05, 4.69) is 15.3 Å². The third kappa shape index (κ3) is 5.10. The molecule has 1 saturated heterocycles. The molecule has 162 valence electrons. The second-order valence-corrected chi connectivity index (χ2v) is 8.19. The molecule has 1 aromatic heterocycles. The molecule has 1 aliphatic heterocycles. The van der Waals surface area contributed by atoms with Crippen molar-refractivity contribution in [2.45, 2.75) is 45.1 Å². The number of H-pyrrole nitrogens is 1. The van der Waals surface area contributed by atoms with Crippen molar-refractivity contribution in [2.75, 3.05) is 18.0 Å². The van der Waals surface area contributed by atoms with Gasteiger partial charge < -0.3 is 15.2 Å². The number of carbonyl (C=O) groups is 1. The van der Waals surface area contributed by atoms with Gasteiger partial charge in [-0.3, -0.25) is 9.59 Å². The third-order valence-corrected chi connectivity index (χ3v) is 5.71. The van der Waals surface area contributed by atoms with Crippen LogP contribution in [0, 0.1) is 12.7 Å². The Labute approximate surface area is 180 Å². The molecule has 1 unspecified atom stereocenters. The van der Waals surface area contributed by atoms with E-state index < -0.39 is 0 Å². The molecule has 0 spiro atoms. The Kier molecular flexibility index (Phi) is 6.30. The summed E-state index contributed by atoms with van der Waals surface area (Å²) in [7, 11) is 0. The highest BCUT2D eigenvalue weighted by Gasteiger charge is 2.23. The van der Waals surface area contributed by atoms with Crippen LogP contribution in [0.4, 0.5) is 10.1 Å². The van der Waals surface area contributed by atoms with Crippen molar-refractivity contribution < 1.29 is 9.18 Å². The molecule has 1 fully saturated rings. The lowest BCUT2D eigenvalue weighted by Gasteiger charge is -2.35. The Hall–Kier alpha value is -3.22. The van der Waals surface area contributed by atoms with Crippen LogP contribution >= 0.6 is 0 Å². The number of amides is 1. The monoisotopic (exact) mass is 422 g/mol. The van der Waals surface area contributed by atoms with Gasteiger partial charge in [0.1, 0.15) is 11.6 Å². The molecule has 0 aliphatic carbocycles. The maximum atomic E-state index is 14.2. The van der Waals surface area contributed by atoms with Crippen LogP contribution in [0.1, 0.15) is 37.1 Å². The first-order chi connectivity index (χ1) is 15.0. The quantitative estimate of drug-likeness (QED) is 0.638. The van der Waals surface area contributed by atoms with Crippen molar-refractivity contribution in [1.82, 2.24) is 15.3 Å². The molecule has 0 saturated carbocycles. The SMILES string of the molecule is Cc1ccc(F)c(N2CCCC(NC(=O)CCCc3nc4ccccc4c(=O)[nH]3)C2)c1. The van der Waals surface area contributed by atoms with Crippen molar-refractivity contribution in [3.8, 4) is 0 Å². The zero-order valence-corrected chi connectivity index (χ0v) is 17.7. The minimum Gasteiger partial charge on any atom is -0.367 e. The van der Waals surface area contributed by atoms with Crippen LogP contribution in [0.2, 0.25) is 0 Å². The average molecular weight is 423 g/mol. The zero-order valence-electron chi connectivity index (χ0n) is 17.7. The van der Waals surface area contributed by atoms with Crippen LogP contribution in [0.5, 0.6) is 0 Å². The Bertz CT molecular complexity index is 1140. The first-order valence-electron chi connectivity index (χ1n) is 10.8. The molecule has 0 bridgehead atoms. The Morgan fingerprint density at radius 3 is 3.00 bits per heavy atom. The minimum absolute atomic E-state index is 0.000219. The number of anilines is 1. The van der Waals surface area contributed by atoms with E-state index in [4.69, 9.17) is 0 Å². The summed E-state index contributed by atoms with van der Waals surface area (Å²) in [6.07, 6.45) is 3.26. The fraction of sp³-hybridized carbons (Fsp3) is 0.375. The Morgan fingerprint density at radius 2 is 2.13 bits per heavy atom. The lowest BCUT2D eigenvalue weighted by atomic mass is 10.0. The summed E-state index contributed by atoms with van der Waals surface area (Å²) >= 11 is 0. The van der Waals surface area contributed by atoms with E-state index in [0.717, 1.165) is 24.9 Å². The smallest absolute Gasteiger partial charge is 0.258 e. The maximum absolute atomic E-state index is 14.2. The van der Waals surface area contributed by atoms with E-state index >= 15 is 0 Å². The van der Waals surface area contributed by atoms with Gasteiger partial charge in [0.15, 0.2) is 0 Å². The fourth-order valence-corrected chi connectivity index (χ4v) is 4.15. The normalized spacial score (nSPS) is 16.5. The summed E-state index contributed by atoms with van der Waals surface area (Å²) in [5.41, 5.74) is 2.13. The van der Waals surface area contributed by atoms with E-state index in [0.29, 0.717) is 48.2 Å². The second kappa shape index (κ2) is 9.29. The molecule has 2 heterocycles. The third-order valence-electron chi connectivity index (χ3n) is 5.71. The number of nitrogens with one attached hydrogen (secondary N) is 2. The largest absolute Gasteiger partial charge is 0.367 e. The van der Waals surface area contributed by atoms with Crippen LogP contribution in [-0.4, -0.2) is 35.0 Å². The highest BCUT2D eigenvalue weighted by molar-refractivity contribution is 5.77. The minimum atomic E-state index is -0.227. The lowest BCUT2D eigenvalue weighted by molar-refractivity contribution is -0.121. The van der Waals surface area contributed by atoms with E-state index in [1.165, 1.54) is 6.07 Å². The molecule has 1 amide bonds. The van der Waals surface area contributed by atoms with Crippen molar-refractivity contribution in [1.29, 1.82) is 0 Å². The summed E-state index contributed by atoms with van der Waals surface area (Å²) in [6, 6.07) is 12.3. The molecule has 4 rings (SSSR count). The van der Waals surface area contributed by atoms with Crippen LogP contribution in [-0.2, 0) is 11.2 Å². The Balaban J connectivity index is 1.30. The number of para-hydroxylation sites is 1. The zero-order chi connectivity index (χ0) is 21.8. The predicted octanol–water partition coefficient (Wildman–Crippen LogP) is 3.48. The van der Waals surface area contributed by atoms with Crippen LogP contribution in [0.3, 0.4) is 0 Å². The molecule has 0 radical (unpaired) electrons. The van der Waals surface area contributed by atoms with Gasteiger partial charge in [0.25, 0.3) is 5.56 Å². The van der Waals surface area contributed by atoms with E-state index in [1.54, 1.807) is 12.1 Å². The number of benzene rings is 2. The van der Waals surface area contributed by atoms with Crippen molar-refractivity contribution in [2.24, 2.45) is 0 Å². The molecule has 1 atom stereocenters. The number of carbonyl (C=O) groups excluding carboxylic acids is 1. The predicted molar refractivity (Wildman–Crippen MR) is 120 cm³/mol. The van der Waals surface area contributed by atoms with Gasteiger partial charge in [0.05, 0.1) is 16.6 Å². The number of hydrogen-bond acceptors (Lipinski definition) is 4. The summed E-state index contributed by atoms with van der Waals surface area (Å²) in [5, 5.41) is 3.65. The number of aryl methyl sites for hydroxylation is 2. The molecule has 7 heteroatoms. The van der Waals surface area contributed by atoms with Crippen molar-refractivity contribution >= 4 is 22.5 Å². The molecule has 1 aliphatic rings. The number of rotatable bonds is 6. The molecule has 2 aromatic carbocycles. The number of piperidine rings is 1. The van der Waals surface area contributed by atoms with E-state index in [1.807, 2.05) is 36.1 Å². The topological polar surface area (TPSA) is 78.1 Å². The van der Waals surface area contributed by atoms with Crippen molar-refractivity contribution in [3.05, 3.63) is 70.0 Å². The molecule has 3 aromatic rings. The first-order valence-corrected chi connectivity index (χ1v) is 10.8. The number of aromatic nitrogens is 2. The van der Waals surface area contributed by atoms with Gasteiger partial charge in [-0.05, 0) is 56.0 Å². The van der Waals surface area contributed by atoms with E-state index in [-0.39, 0.29) is 23.3 Å². The summed E-state index contributed by atoms with van der Waals surface area (Å²) in [6.45, 7) is 3.34. The summed E-state index contributed by atoms with van der Waals surface area (Å²) in [5.74, 6) is 0.337. The number of nitrogens with zero attached hydrogens (tertiary/aromatic N) is 2. The van der Waals surface area contributed by atoms with Gasteiger partial charge in [0, 0.05) is 32.0 Å². The second-order valence-electron chi connectivity index (χ2n) is 8.19. The number of halogens is 1. The first kappa shape index (κ1) is 21.0. The summed E-state index contributed by atoms with van der Waals surface area (Å²) < 4.78 is 14.2. The number of aromatic amines is 1. The van der Waals surface area contributed by atoms with E-state index in [9.17, 15) is 14.0 Å². The standard InChI is InChI=1S/C24H27FN4O2/c1-16-11-12-19(25)21(14-16)29-13-5-6-17(15-29)26-23(30)10-4-9-22-27-20-8-3-2-7-18(20)24(31)28-22/h2-3,7-8,11-12,14,17H,4-6,9-10,13,15H2,1H3,(H,26,30)(H,27,28,31). The highest BCUT2D eigenvalue weighted by Crippen LogP contribution is 2.24. The van der Waals surface area contributed by atoms with Gasteiger partial charge >= 0.3 is 0 Å². The number of fused-ring (bicyclic) bond motifs is 1. The maximum Gasteiger partial charge on any atom is 0.258 e. The summed E-state index contributed by atoms with van der Waals surface area (Å²) in [4.78, 5) is 33.9. The lowest BCUT2D eigenvalue weighted by Crippen LogP contribution is -2.48. The molecular weight excluding hydrogens is 395 g/mol. The van der Waals surface area contributed by atoms with Gasteiger partial charge in [0.2, 0.25) is 5.91 Å². The van der Waals surface area contributed by atoms with Crippen LogP contribution in [0.15, 0.2) is 47.3 Å². The average Bonchev–Trinajstić information content (AvgIpc) is 2.76. The number of hydrogen-bond donors (Lipinski definition) is 2. The molecule has 31 heavy (non-hydrogen) atoms. The Morgan fingerprint density at radius 1 is 1.29 bits per heavy atom.